The third kappa shape index (κ3) is 4.07. The highest BCUT2D eigenvalue weighted by molar-refractivity contribution is 14.1. The molecule has 0 aliphatic rings. The summed E-state index contributed by atoms with van der Waals surface area (Å²) in [5.74, 6) is -0.132. The highest BCUT2D eigenvalue weighted by Crippen LogP contribution is 2.12. The van der Waals surface area contributed by atoms with E-state index < -0.39 is 0 Å². The van der Waals surface area contributed by atoms with Crippen molar-refractivity contribution >= 4 is 34.4 Å². The number of rotatable bonds is 4. The quantitative estimate of drug-likeness (QED) is 0.792. The lowest BCUT2D eigenvalue weighted by Crippen LogP contribution is -2.24. The highest BCUT2D eigenvalue weighted by atomic mass is 127. The molecule has 22 heavy (non-hydrogen) atoms. The Labute approximate surface area is 143 Å². The first kappa shape index (κ1) is 16.5. The van der Waals surface area contributed by atoms with Gasteiger partial charge in [0.1, 0.15) is 0 Å². The van der Waals surface area contributed by atoms with Crippen molar-refractivity contribution < 1.29 is 9.59 Å². The van der Waals surface area contributed by atoms with Crippen LogP contribution >= 0.6 is 22.6 Å². The van der Waals surface area contributed by atoms with Crippen molar-refractivity contribution in [2.75, 3.05) is 14.1 Å². The first-order valence-electron chi connectivity index (χ1n) is 6.82. The molecule has 0 bridgehead atoms. The molecule has 2 amide bonds. The number of carbonyl (C=O) groups excluding carboxylic acids is 2. The summed E-state index contributed by atoms with van der Waals surface area (Å²) in [7, 11) is 3.44. The van der Waals surface area contributed by atoms with Crippen molar-refractivity contribution in [2.24, 2.45) is 0 Å². The van der Waals surface area contributed by atoms with Crippen LogP contribution in [0.25, 0.3) is 0 Å². The summed E-state index contributed by atoms with van der Waals surface area (Å²) in [5, 5.41) is 2.89. The second kappa shape index (κ2) is 7.40. The Morgan fingerprint density at radius 1 is 1.05 bits per heavy atom. The van der Waals surface area contributed by atoms with E-state index in [0.717, 1.165) is 9.13 Å². The van der Waals surface area contributed by atoms with E-state index in [1.807, 2.05) is 30.3 Å². The van der Waals surface area contributed by atoms with Gasteiger partial charge in [0.25, 0.3) is 11.8 Å². The van der Waals surface area contributed by atoms with Gasteiger partial charge in [0.2, 0.25) is 0 Å². The van der Waals surface area contributed by atoms with Crippen molar-refractivity contribution in [3.05, 3.63) is 68.8 Å². The molecular weight excluding hydrogens is 391 g/mol. The van der Waals surface area contributed by atoms with Crippen molar-refractivity contribution in [1.29, 1.82) is 0 Å². The number of benzene rings is 2. The highest BCUT2D eigenvalue weighted by Gasteiger charge is 2.10. The van der Waals surface area contributed by atoms with E-state index in [9.17, 15) is 9.59 Å². The Hall–Kier alpha value is -1.89. The molecule has 0 heterocycles. The number of hydrogen-bond donors (Lipinski definition) is 1. The molecule has 2 aromatic carbocycles. The van der Waals surface area contributed by atoms with Gasteiger partial charge in [0, 0.05) is 29.8 Å². The SMILES string of the molecule is CN(C)C(=O)c1ccc(CNC(=O)c2ccccc2I)cc1. The Morgan fingerprint density at radius 3 is 2.27 bits per heavy atom. The summed E-state index contributed by atoms with van der Waals surface area (Å²) in [6, 6.07) is 14.7. The van der Waals surface area contributed by atoms with Crippen LogP contribution in [0.4, 0.5) is 0 Å². The van der Waals surface area contributed by atoms with Crippen LogP contribution in [0.15, 0.2) is 48.5 Å². The van der Waals surface area contributed by atoms with Crippen LogP contribution < -0.4 is 5.32 Å². The minimum atomic E-state index is -0.0987. The van der Waals surface area contributed by atoms with Gasteiger partial charge in [-0.25, -0.2) is 0 Å². The van der Waals surface area contributed by atoms with Gasteiger partial charge in [-0.15, -0.1) is 0 Å². The molecule has 0 fully saturated rings. The van der Waals surface area contributed by atoms with Crippen molar-refractivity contribution in [3.63, 3.8) is 0 Å². The zero-order chi connectivity index (χ0) is 16.1. The lowest BCUT2D eigenvalue weighted by Gasteiger charge is -2.11. The molecule has 0 aliphatic carbocycles. The second-order valence-corrected chi connectivity index (χ2v) is 6.22. The van der Waals surface area contributed by atoms with E-state index in [-0.39, 0.29) is 11.8 Å². The number of hydrogen-bond acceptors (Lipinski definition) is 2. The monoisotopic (exact) mass is 408 g/mol. The van der Waals surface area contributed by atoms with E-state index in [0.29, 0.717) is 17.7 Å². The Kier molecular flexibility index (Phi) is 5.54. The average Bonchev–Trinajstić information content (AvgIpc) is 2.52. The van der Waals surface area contributed by atoms with E-state index >= 15 is 0 Å². The van der Waals surface area contributed by atoms with Crippen molar-refractivity contribution in [1.82, 2.24) is 10.2 Å². The molecule has 2 aromatic rings. The zero-order valence-corrected chi connectivity index (χ0v) is 14.6. The molecular formula is C17H17IN2O2. The zero-order valence-electron chi connectivity index (χ0n) is 12.5. The van der Waals surface area contributed by atoms with Crippen LogP contribution in [0.5, 0.6) is 0 Å². The molecule has 114 valence electrons. The van der Waals surface area contributed by atoms with Crippen molar-refractivity contribution in [2.45, 2.75) is 6.54 Å². The Bertz CT molecular complexity index is 681. The normalized spacial score (nSPS) is 10.1. The van der Waals surface area contributed by atoms with Crippen molar-refractivity contribution in [3.8, 4) is 0 Å². The minimum Gasteiger partial charge on any atom is -0.348 e. The number of halogens is 1. The first-order chi connectivity index (χ1) is 10.5. The fourth-order valence-electron chi connectivity index (χ4n) is 1.95. The predicted octanol–water partition coefficient (Wildman–Crippen LogP) is 2.92. The summed E-state index contributed by atoms with van der Waals surface area (Å²) in [5.41, 5.74) is 2.26. The Balaban J connectivity index is 1.99. The summed E-state index contributed by atoms with van der Waals surface area (Å²) in [4.78, 5) is 25.5. The summed E-state index contributed by atoms with van der Waals surface area (Å²) < 4.78 is 0.921. The average molecular weight is 408 g/mol. The fraction of sp³-hybridized carbons (Fsp3) is 0.176. The first-order valence-corrected chi connectivity index (χ1v) is 7.90. The fourth-order valence-corrected chi connectivity index (χ4v) is 2.58. The lowest BCUT2D eigenvalue weighted by atomic mass is 10.1. The molecule has 0 radical (unpaired) electrons. The van der Waals surface area contributed by atoms with E-state index in [4.69, 9.17) is 0 Å². The molecule has 0 atom stereocenters. The smallest absolute Gasteiger partial charge is 0.253 e. The third-order valence-corrected chi connectivity index (χ3v) is 4.12. The van der Waals surface area contributed by atoms with E-state index in [2.05, 4.69) is 27.9 Å². The minimum absolute atomic E-state index is 0.0329. The number of amides is 2. The van der Waals surface area contributed by atoms with Gasteiger partial charge >= 0.3 is 0 Å². The standard InChI is InChI=1S/C17H17IN2O2/c1-20(2)17(22)13-9-7-12(8-10-13)11-19-16(21)14-5-3-4-6-15(14)18/h3-10H,11H2,1-2H3,(H,19,21). The maximum absolute atomic E-state index is 12.1. The molecule has 0 saturated heterocycles. The van der Waals surface area contributed by atoms with Gasteiger partial charge in [-0.3, -0.25) is 9.59 Å². The molecule has 0 saturated carbocycles. The lowest BCUT2D eigenvalue weighted by molar-refractivity contribution is 0.0827. The maximum atomic E-state index is 12.1. The molecule has 5 heteroatoms. The van der Waals surface area contributed by atoms with Crippen LogP contribution in [0.1, 0.15) is 26.3 Å². The summed E-state index contributed by atoms with van der Waals surface area (Å²) >= 11 is 2.14. The van der Waals surface area contributed by atoms with E-state index in [1.165, 1.54) is 4.90 Å². The second-order valence-electron chi connectivity index (χ2n) is 5.06. The van der Waals surface area contributed by atoms with Crippen LogP contribution in [0.2, 0.25) is 0 Å². The number of nitrogens with zero attached hydrogens (tertiary/aromatic N) is 1. The largest absolute Gasteiger partial charge is 0.348 e. The summed E-state index contributed by atoms with van der Waals surface area (Å²) in [6.45, 7) is 0.431. The number of nitrogens with one attached hydrogen (secondary N) is 1. The predicted molar refractivity (Wildman–Crippen MR) is 94.8 cm³/mol. The van der Waals surface area contributed by atoms with Crippen LogP contribution in [0.3, 0.4) is 0 Å². The molecule has 4 nitrogen and oxygen atoms in total. The third-order valence-electron chi connectivity index (χ3n) is 3.18. The molecule has 0 aromatic heterocycles. The van der Waals surface area contributed by atoms with Crippen LogP contribution in [0, 0.1) is 3.57 Å². The maximum Gasteiger partial charge on any atom is 0.253 e. The van der Waals surface area contributed by atoms with Crippen LogP contribution in [-0.4, -0.2) is 30.8 Å². The molecule has 0 unspecified atom stereocenters. The van der Waals surface area contributed by atoms with Gasteiger partial charge < -0.3 is 10.2 Å². The van der Waals surface area contributed by atoms with Gasteiger partial charge in [-0.1, -0.05) is 24.3 Å². The molecule has 1 N–H and O–H groups in total. The van der Waals surface area contributed by atoms with Gasteiger partial charge in [0.05, 0.1) is 5.56 Å². The number of carbonyl (C=O) groups is 2. The van der Waals surface area contributed by atoms with E-state index in [1.54, 1.807) is 32.3 Å². The van der Waals surface area contributed by atoms with Gasteiger partial charge in [-0.05, 0) is 52.4 Å². The van der Waals surface area contributed by atoms with Gasteiger partial charge in [0.15, 0.2) is 0 Å². The Morgan fingerprint density at radius 2 is 1.68 bits per heavy atom. The molecule has 0 aliphatic heterocycles. The summed E-state index contributed by atoms with van der Waals surface area (Å²) in [6.07, 6.45) is 0. The van der Waals surface area contributed by atoms with Gasteiger partial charge in [-0.2, -0.15) is 0 Å². The topological polar surface area (TPSA) is 49.4 Å². The molecule has 2 rings (SSSR count). The molecule has 0 spiro atoms. The van der Waals surface area contributed by atoms with Crippen LogP contribution in [-0.2, 0) is 6.54 Å².